The van der Waals surface area contributed by atoms with E-state index in [2.05, 4.69) is 20.7 Å². The summed E-state index contributed by atoms with van der Waals surface area (Å²) < 4.78 is 24.2. The van der Waals surface area contributed by atoms with Gasteiger partial charge in [-0.3, -0.25) is 0 Å². The predicted octanol–water partition coefficient (Wildman–Crippen LogP) is 3.97. The molecule has 1 N–H and O–H groups in total. The molecule has 124 valence electrons. The lowest BCUT2D eigenvalue weighted by atomic mass is 10.2. The van der Waals surface area contributed by atoms with Crippen molar-refractivity contribution in [2.45, 2.75) is 6.92 Å². The van der Waals surface area contributed by atoms with Gasteiger partial charge in [-0.15, -0.1) is 10.2 Å². The van der Waals surface area contributed by atoms with Gasteiger partial charge in [0, 0.05) is 11.8 Å². The minimum Gasteiger partial charge on any atom is -0.493 e. The number of anilines is 2. The number of nitrogens with zero attached hydrogens (tertiary/aromatic N) is 3. The van der Waals surface area contributed by atoms with E-state index < -0.39 is 5.82 Å². The van der Waals surface area contributed by atoms with Crippen LogP contribution in [0, 0.1) is 5.82 Å². The van der Waals surface area contributed by atoms with Crippen LogP contribution in [0.1, 0.15) is 6.92 Å². The van der Waals surface area contributed by atoms with Crippen LogP contribution in [-0.2, 0) is 0 Å². The number of hydrogen-bond donors (Lipinski definition) is 1. The van der Waals surface area contributed by atoms with E-state index in [9.17, 15) is 4.39 Å². The van der Waals surface area contributed by atoms with E-state index >= 15 is 0 Å². The molecule has 0 aliphatic carbocycles. The Bertz CT molecular complexity index is 891. The Morgan fingerprint density at radius 1 is 1.17 bits per heavy atom. The predicted molar refractivity (Wildman–Crippen MR) is 89.7 cm³/mol. The van der Waals surface area contributed by atoms with Crippen LogP contribution in [0.3, 0.4) is 0 Å². The molecule has 0 unspecified atom stereocenters. The Labute approximate surface area is 142 Å². The number of methoxy groups -OCH3 is 1. The summed E-state index contributed by atoms with van der Waals surface area (Å²) in [6, 6.07) is 7.79. The fraction of sp³-hybridized carbons (Fsp3) is 0.188. The van der Waals surface area contributed by atoms with Gasteiger partial charge in [0.2, 0.25) is 0 Å². The topological polar surface area (TPSA) is 69.2 Å². The number of nitrogens with one attached hydrogen (secondary N) is 1. The van der Waals surface area contributed by atoms with E-state index in [1.165, 1.54) is 12.1 Å². The largest absolute Gasteiger partial charge is 0.493 e. The lowest BCUT2D eigenvalue weighted by Gasteiger charge is -2.12. The maximum atomic E-state index is 13.3. The van der Waals surface area contributed by atoms with Gasteiger partial charge in [-0.2, -0.15) is 0 Å². The zero-order chi connectivity index (χ0) is 17.1. The highest BCUT2D eigenvalue weighted by Crippen LogP contribution is 2.34. The second-order valence-corrected chi connectivity index (χ2v) is 5.25. The second kappa shape index (κ2) is 6.84. The van der Waals surface area contributed by atoms with Crippen LogP contribution < -0.4 is 14.8 Å². The molecule has 0 spiro atoms. The molecule has 0 aliphatic rings. The highest BCUT2D eigenvalue weighted by Gasteiger charge is 2.13. The number of ether oxygens (including phenoxy) is 2. The Morgan fingerprint density at radius 3 is 2.71 bits per heavy atom. The summed E-state index contributed by atoms with van der Waals surface area (Å²) >= 11 is 5.80. The van der Waals surface area contributed by atoms with E-state index in [1.54, 1.807) is 25.3 Å². The summed E-state index contributed by atoms with van der Waals surface area (Å²) in [5.41, 5.74) is 1.17. The molecular formula is C16H14ClFN4O2. The van der Waals surface area contributed by atoms with Crippen molar-refractivity contribution in [2.75, 3.05) is 19.0 Å². The number of hydrogen-bond acceptors (Lipinski definition) is 6. The number of aromatic nitrogens is 3. The van der Waals surface area contributed by atoms with Crippen molar-refractivity contribution in [1.82, 2.24) is 15.4 Å². The fourth-order valence-corrected chi connectivity index (χ4v) is 2.40. The fourth-order valence-electron chi connectivity index (χ4n) is 2.22. The van der Waals surface area contributed by atoms with Crippen molar-refractivity contribution in [1.29, 1.82) is 0 Å². The molecule has 1 aromatic heterocycles. The maximum absolute atomic E-state index is 13.3. The molecule has 1 heterocycles. The third kappa shape index (κ3) is 3.16. The van der Waals surface area contributed by atoms with Crippen molar-refractivity contribution >= 4 is 34.0 Å². The average molecular weight is 349 g/mol. The number of rotatable bonds is 5. The molecule has 0 atom stereocenters. The summed E-state index contributed by atoms with van der Waals surface area (Å²) in [5, 5.41) is 15.5. The number of halogens is 2. The molecule has 0 amide bonds. The molecule has 0 fully saturated rings. The lowest BCUT2D eigenvalue weighted by molar-refractivity contribution is 0.311. The molecule has 0 bridgehead atoms. The van der Waals surface area contributed by atoms with Gasteiger partial charge in [0.25, 0.3) is 0 Å². The Balaban J connectivity index is 2.05. The van der Waals surface area contributed by atoms with Gasteiger partial charge in [-0.05, 0) is 36.4 Å². The van der Waals surface area contributed by atoms with Crippen molar-refractivity contribution < 1.29 is 13.9 Å². The SMILES string of the molecule is CCOc1cc2nnnc(Nc3ccc(F)c(Cl)c3)c2cc1OC. The molecule has 0 saturated carbocycles. The average Bonchev–Trinajstić information content (AvgIpc) is 2.58. The maximum Gasteiger partial charge on any atom is 0.164 e. The zero-order valence-electron chi connectivity index (χ0n) is 13.0. The zero-order valence-corrected chi connectivity index (χ0v) is 13.8. The first-order valence-electron chi connectivity index (χ1n) is 7.18. The summed E-state index contributed by atoms with van der Waals surface area (Å²) in [6.45, 7) is 2.38. The molecule has 0 saturated heterocycles. The normalized spacial score (nSPS) is 10.7. The molecular weight excluding hydrogens is 335 g/mol. The molecule has 0 aliphatic heterocycles. The minimum absolute atomic E-state index is 0.0162. The van der Waals surface area contributed by atoms with E-state index in [4.69, 9.17) is 21.1 Å². The van der Waals surface area contributed by atoms with Crippen LogP contribution >= 0.6 is 11.6 Å². The molecule has 8 heteroatoms. The number of benzene rings is 2. The van der Waals surface area contributed by atoms with Crippen LogP contribution in [0.2, 0.25) is 5.02 Å². The van der Waals surface area contributed by atoms with Gasteiger partial charge in [-0.1, -0.05) is 11.6 Å². The smallest absolute Gasteiger partial charge is 0.164 e. The first-order chi connectivity index (χ1) is 11.6. The Kier molecular flexibility index (Phi) is 4.61. The van der Waals surface area contributed by atoms with Crippen LogP contribution in [0.4, 0.5) is 15.9 Å². The third-order valence-electron chi connectivity index (χ3n) is 3.32. The van der Waals surface area contributed by atoms with Crippen molar-refractivity contribution in [2.24, 2.45) is 0 Å². The standard InChI is InChI=1S/C16H14ClFN4O2/c1-3-24-15-8-13-10(7-14(15)23-2)16(21-22-20-13)19-9-4-5-12(18)11(17)6-9/h4-8H,3H2,1-2H3,(H,19,20,21). The molecule has 24 heavy (non-hydrogen) atoms. The van der Waals surface area contributed by atoms with Gasteiger partial charge in [0.15, 0.2) is 17.3 Å². The van der Waals surface area contributed by atoms with Gasteiger partial charge in [0.05, 0.1) is 24.1 Å². The summed E-state index contributed by atoms with van der Waals surface area (Å²) in [4.78, 5) is 0. The van der Waals surface area contributed by atoms with Gasteiger partial charge in [0.1, 0.15) is 11.3 Å². The number of fused-ring (bicyclic) bond motifs is 1. The Morgan fingerprint density at radius 2 is 2.00 bits per heavy atom. The van der Waals surface area contributed by atoms with Crippen molar-refractivity contribution in [3.63, 3.8) is 0 Å². The van der Waals surface area contributed by atoms with E-state index in [1.807, 2.05) is 6.92 Å². The molecule has 2 aromatic carbocycles. The van der Waals surface area contributed by atoms with Gasteiger partial charge in [-0.25, -0.2) is 4.39 Å². The van der Waals surface area contributed by atoms with E-state index in [0.29, 0.717) is 40.5 Å². The van der Waals surface area contributed by atoms with Crippen molar-refractivity contribution in [3.8, 4) is 11.5 Å². The monoisotopic (exact) mass is 348 g/mol. The van der Waals surface area contributed by atoms with Crippen molar-refractivity contribution in [3.05, 3.63) is 41.2 Å². The van der Waals surface area contributed by atoms with Gasteiger partial charge < -0.3 is 14.8 Å². The summed E-state index contributed by atoms with van der Waals surface area (Å²) in [7, 11) is 1.55. The Hall–Kier alpha value is -2.67. The highest BCUT2D eigenvalue weighted by atomic mass is 35.5. The first kappa shape index (κ1) is 16.2. The highest BCUT2D eigenvalue weighted by molar-refractivity contribution is 6.31. The minimum atomic E-state index is -0.490. The first-order valence-corrected chi connectivity index (χ1v) is 7.56. The molecule has 3 aromatic rings. The van der Waals surface area contributed by atoms with E-state index in [0.717, 1.165) is 0 Å². The van der Waals surface area contributed by atoms with Crippen LogP contribution in [0.25, 0.3) is 10.9 Å². The molecule has 6 nitrogen and oxygen atoms in total. The van der Waals surface area contributed by atoms with Crippen LogP contribution in [-0.4, -0.2) is 29.1 Å². The lowest BCUT2D eigenvalue weighted by Crippen LogP contribution is -2.01. The summed E-state index contributed by atoms with van der Waals surface area (Å²) in [5.74, 6) is 1.09. The van der Waals surface area contributed by atoms with Gasteiger partial charge >= 0.3 is 0 Å². The quantitative estimate of drug-likeness (QED) is 0.752. The van der Waals surface area contributed by atoms with E-state index in [-0.39, 0.29) is 5.02 Å². The third-order valence-corrected chi connectivity index (χ3v) is 3.61. The van der Waals surface area contributed by atoms with Crippen LogP contribution in [0.15, 0.2) is 30.3 Å². The summed E-state index contributed by atoms with van der Waals surface area (Å²) in [6.07, 6.45) is 0. The van der Waals surface area contributed by atoms with Crippen LogP contribution in [0.5, 0.6) is 11.5 Å². The second-order valence-electron chi connectivity index (χ2n) is 4.85. The molecule has 0 radical (unpaired) electrons. The molecule has 3 rings (SSSR count).